The van der Waals surface area contributed by atoms with Crippen LogP contribution in [0.15, 0.2) is 10.9 Å². The van der Waals surface area contributed by atoms with Crippen molar-refractivity contribution in [1.82, 2.24) is 4.90 Å². The molecule has 2 aliphatic heterocycles. The summed E-state index contributed by atoms with van der Waals surface area (Å²) in [6.45, 7) is 14.1. The number of aliphatic hydroxyl groups excluding tert-OH is 1. The first-order valence-electron chi connectivity index (χ1n) is 10.6. The summed E-state index contributed by atoms with van der Waals surface area (Å²) in [4.78, 5) is 28.4. The number of rotatable bonds is 5. The molecule has 158 valence electrons. The molecule has 4 atom stereocenters. The highest BCUT2D eigenvalue weighted by atomic mass is 28.3. The largest absolute Gasteiger partial charge is 0.443 e. The van der Waals surface area contributed by atoms with E-state index in [1.165, 1.54) is 0 Å². The minimum atomic E-state index is -2.12. The van der Waals surface area contributed by atoms with Crippen molar-refractivity contribution in [1.29, 1.82) is 0 Å². The van der Waals surface area contributed by atoms with Crippen molar-refractivity contribution in [2.75, 3.05) is 6.54 Å². The molecule has 2 heterocycles. The molecule has 0 aromatic rings. The van der Waals surface area contributed by atoms with Gasteiger partial charge in [0, 0.05) is 11.7 Å². The third-order valence-corrected chi connectivity index (χ3v) is 12.5. The normalized spacial score (nSPS) is 30.9. The number of nitrogens with zero attached hydrogens (tertiary/aromatic N) is 1. The number of epoxide rings is 1. The number of carbonyl (C=O) groups excluding carboxylic acids is 2. The standard InChI is InChI=1S/C21H35NO5Si/c1-8-28(9-2,10-3)17-16(24)15(13(4)23)21-14(26-21)11-12-22(18(17)21)19(25)27-20(5,6)7/h13-15,23H,8-12H2,1-7H3/t13-,14-,15+,21+/m1/s1. The molecule has 2 fully saturated rings. The first-order valence-corrected chi connectivity index (χ1v) is 13.3. The van der Waals surface area contributed by atoms with Crippen molar-refractivity contribution >= 4 is 20.0 Å². The summed E-state index contributed by atoms with van der Waals surface area (Å²) in [5.41, 5.74) is -0.730. The van der Waals surface area contributed by atoms with E-state index in [1.807, 2.05) is 20.8 Å². The molecule has 1 N–H and O–H groups in total. The second-order valence-corrected chi connectivity index (χ2v) is 14.6. The zero-order valence-electron chi connectivity index (χ0n) is 18.3. The van der Waals surface area contributed by atoms with E-state index in [2.05, 4.69) is 20.8 Å². The van der Waals surface area contributed by atoms with Crippen molar-refractivity contribution < 1.29 is 24.2 Å². The fourth-order valence-corrected chi connectivity index (χ4v) is 9.41. The Hall–Kier alpha value is -1.18. The molecular formula is C21H35NO5Si. The molecule has 1 aliphatic carbocycles. The molecular weight excluding hydrogens is 374 g/mol. The average Bonchev–Trinajstić information content (AvgIpc) is 3.26. The molecule has 0 radical (unpaired) electrons. The molecule has 28 heavy (non-hydrogen) atoms. The van der Waals surface area contributed by atoms with Crippen LogP contribution in [0.5, 0.6) is 0 Å². The quantitative estimate of drug-likeness (QED) is 0.554. The number of allylic oxidation sites excluding steroid dienone is 1. The van der Waals surface area contributed by atoms with E-state index in [4.69, 9.17) is 9.47 Å². The van der Waals surface area contributed by atoms with Crippen LogP contribution in [0.1, 0.15) is 54.9 Å². The van der Waals surface area contributed by atoms with E-state index < -0.39 is 37.4 Å². The lowest BCUT2D eigenvalue weighted by atomic mass is 9.83. The number of likely N-dealkylation sites (tertiary alicyclic amines) is 1. The Bertz CT molecular complexity index is 698. The number of ether oxygens (including phenoxy) is 2. The van der Waals surface area contributed by atoms with Crippen molar-refractivity contribution in [3.05, 3.63) is 10.9 Å². The number of carbonyl (C=O) groups is 2. The third-order valence-electron chi connectivity index (χ3n) is 6.90. The monoisotopic (exact) mass is 409 g/mol. The summed E-state index contributed by atoms with van der Waals surface area (Å²) in [5.74, 6) is -0.621. The summed E-state index contributed by atoms with van der Waals surface area (Å²) in [5, 5.41) is 11.3. The van der Waals surface area contributed by atoms with Gasteiger partial charge < -0.3 is 14.6 Å². The van der Waals surface area contributed by atoms with Gasteiger partial charge in [0.05, 0.1) is 31.9 Å². The summed E-state index contributed by atoms with van der Waals surface area (Å²) in [7, 11) is -2.12. The molecule has 3 rings (SSSR count). The predicted octanol–water partition coefficient (Wildman–Crippen LogP) is 3.65. The van der Waals surface area contributed by atoms with Crippen LogP contribution in [0.2, 0.25) is 18.1 Å². The second-order valence-electron chi connectivity index (χ2n) is 9.47. The van der Waals surface area contributed by atoms with Crippen LogP contribution in [0, 0.1) is 5.92 Å². The highest BCUT2D eigenvalue weighted by Crippen LogP contribution is 2.62. The molecule has 7 heteroatoms. The molecule has 6 nitrogen and oxygen atoms in total. The van der Waals surface area contributed by atoms with Crippen molar-refractivity contribution in [3.8, 4) is 0 Å². The van der Waals surface area contributed by atoms with Gasteiger partial charge in [-0.15, -0.1) is 0 Å². The molecule has 0 bridgehead atoms. The van der Waals surface area contributed by atoms with Gasteiger partial charge in [-0.05, 0) is 34.1 Å². The Balaban J connectivity index is 2.19. The van der Waals surface area contributed by atoms with Crippen LogP contribution in [0.4, 0.5) is 4.79 Å². The van der Waals surface area contributed by atoms with Crippen LogP contribution >= 0.6 is 0 Å². The van der Waals surface area contributed by atoms with E-state index in [0.717, 1.165) is 29.0 Å². The number of hydrogen-bond donors (Lipinski definition) is 1. The first kappa shape index (κ1) is 21.5. The fourth-order valence-electron chi connectivity index (χ4n) is 5.34. The fraction of sp³-hybridized carbons (Fsp3) is 0.810. The van der Waals surface area contributed by atoms with Gasteiger partial charge >= 0.3 is 6.09 Å². The number of hydrogen-bond acceptors (Lipinski definition) is 5. The SMILES string of the molecule is CC[Si](CC)(CC)C1=C2N(C(=O)OC(C)(C)C)CC[C@H]3O[C@@]23[C@@H]([C@@H](C)O)C1=O. The highest BCUT2D eigenvalue weighted by Gasteiger charge is 2.75. The first-order chi connectivity index (χ1) is 13.0. The third kappa shape index (κ3) is 2.97. The second kappa shape index (κ2) is 6.95. The smallest absolute Gasteiger partial charge is 0.414 e. The maximum Gasteiger partial charge on any atom is 0.414 e. The maximum atomic E-state index is 13.7. The van der Waals surface area contributed by atoms with Crippen molar-refractivity contribution in [2.24, 2.45) is 5.92 Å². The lowest BCUT2D eigenvalue weighted by Crippen LogP contribution is -2.48. The Morgan fingerprint density at radius 2 is 1.89 bits per heavy atom. The van der Waals surface area contributed by atoms with Gasteiger partial charge in [-0.3, -0.25) is 9.69 Å². The van der Waals surface area contributed by atoms with Gasteiger partial charge in [0.2, 0.25) is 0 Å². The number of ketones is 1. The van der Waals surface area contributed by atoms with Crippen molar-refractivity contribution in [2.45, 2.75) is 96.4 Å². The summed E-state index contributed by atoms with van der Waals surface area (Å²) in [6.07, 6.45) is -0.676. The van der Waals surface area contributed by atoms with Gasteiger partial charge in [0.1, 0.15) is 11.2 Å². The zero-order chi connectivity index (χ0) is 21.1. The predicted molar refractivity (Wildman–Crippen MR) is 110 cm³/mol. The summed E-state index contributed by atoms with van der Waals surface area (Å²) in [6, 6.07) is 2.79. The summed E-state index contributed by atoms with van der Waals surface area (Å²) < 4.78 is 11.8. The number of amides is 1. The minimum Gasteiger partial charge on any atom is -0.443 e. The number of piperidine rings is 1. The maximum absolute atomic E-state index is 13.7. The Kier molecular flexibility index (Phi) is 5.35. The number of aliphatic hydroxyl groups is 1. The van der Waals surface area contributed by atoms with Crippen LogP contribution in [-0.4, -0.2) is 59.9 Å². The molecule has 0 saturated carbocycles. The average molecular weight is 410 g/mol. The van der Waals surface area contributed by atoms with E-state index in [9.17, 15) is 14.7 Å². The van der Waals surface area contributed by atoms with Crippen molar-refractivity contribution in [3.63, 3.8) is 0 Å². The molecule has 3 aliphatic rings. The van der Waals surface area contributed by atoms with Gasteiger partial charge in [-0.2, -0.15) is 0 Å². The lowest BCUT2D eigenvalue weighted by molar-refractivity contribution is -0.122. The molecule has 2 saturated heterocycles. The lowest BCUT2D eigenvalue weighted by Gasteiger charge is -2.36. The van der Waals surface area contributed by atoms with E-state index in [0.29, 0.717) is 13.0 Å². The van der Waals surface area contributed by atoms with Crippen LogP contribution in [0.3, 0.4) is 0 Å². The Labute approximate surface area is 169 Å². The van der Waals surface area contributed by atoms with E-state index >= 15 is 0 Å². The van der Waals surface area contributed by atoms with E-state index in [1.54, 1.807) is 11.8 Å². The zero-order valence-corrected chi connectivity index (χ0v) is 19.3. The minimum absolute atomic E-state index is 0.000162. The molecule has 1 amide bonds. The summed E-state index contributed by atoms with van der Waals surface area (Å²) >= 11 is 0. The molecule has 0 aromatic carbocycles. The topological polar surface area (TPSA) is 79.4 Å². The molecule has 1 spiro atoms. The van der Waals surface area contributed by atoms with Crippen LogP contribution in [0.25, 0.3) is 0 Å². The van der Waals surface area contributed by atoms with Crippen LogP contribution < -0.4 is 0 Å². The molecule has 0 aromatic heterocycles. The van der Waals surface area contributed by atoms with Gasteiger partial charge in [-0.25, -0.2) is 4.79 Å². The van der Waals surface area contributed by atoms with Gasteiger partial charge in [-0.1, -0.05) is 38.9 Å². The molecule has 0 unspecified atom stereocenters. The Morgan fingerprint density at radius 1 is 1.32 bits per heavy atom. The number of Topliss-reactive ketones (excluding diaryl/α,β-unsaturated/α-hetero) is 1. The highest BCUT2D eigenvalue weighted by molar-refractivity contribution is 6.90. The van der Waals surface area contributed by atoms with Gasteiger partial charge in [0.25, 0.3) is 0 Å². The van der Waals surface area contributed by atoms with Crippen LogP contribution in [-0.2, 0) is 14.3 Å². The Morgan fingerprint density at radius 3 is 2.36 bits per heavy atom. The van der Waals surface area contributed by atoms with Gasteiger partial charge in [0.15, 0.2) is 5.78 Å². The van der Waals surface area contributed by atoms with E-state index in [-0.39, 0.29) is 11.9 Å².